The van der Waals surface area contributed by atoms with Crippen molar-refractivity contribution in [2.24, 2.45) is 5.92 Å². The number of likely N-dealkylation sites (N-methyl/N-ethyl adjacent to an activating group) is 1. The number of hydrogen-bond acceptors (Lipinski definition) is 3. The molecule has 2 unspecified atom stereocenters. The summed E-state index contributed by atoms with van der Waals surface area (Å²) in [5.74, 6) is 1.51. The number of aromatic nitrogens is 2. The molecule has 0 bridgehead atoms. The highest BCUT2D eigenvalue weighted by atomic mass is 15.4. The highest BCUT2D eigenvalue weighted by Gasteiger charge is 2.33. The highest BCUT2D eigenvalue weighted by molar-refractivity contribution is 5.74. The van der Waals surface area contributed by atoms with E-state index in [-0.39, 0.29) is 0 Å². The molecule has 0 amide bonds. The average molecular weight is 276 g/mol. The van der Waals surface area contributed by atoms with Crippen LogP contribution in [0.3, 0.4) is 0 Å². The maximum atomic E-state index is 6.25. The van der Waals surface area contributed by atoms with Gasteiger partial charge < -0.3 is 15.5 Å². The first-order valence-electron chi connectivity index (χ1n) is 7.56. The van der Waals surface area contributed by atoms with Crippen molar-refractivity contribution in [1.82, 2.24) is 9.78 Å². The van der Waals surface area contributed by atoms with Crippen LogP contribution in [-0.2, 0) is 0 Å². The Kier molecular flexibility index (Phi) is 3.24. The second-order valence-electron chi connectivity index (χ2n) is 7.05. The van der Waals surface area contributed by atoms with Crippen molar-refractivity contribution < 1.29 is 4.48 Å². The molecule has 5 nitrogen and oxygen atoms in total. The lowest BCUT2D eigenvalue weighted by Crippen LogP contribution is -2.38. The second-order valence-corrected chi connectivity index (χ2v) is 7.05. The van der Waals surface area contributed by atoms with Crippen LogP contribution in [0.25, 0.3) is 6.08 Å². The Morgan fingerprint density at radius 1 is 1.40 bits per heavy atom. The van der Waals surface area contributed by atoms with Crippen molar-refractivity contribution in [2.45, 2.75) is 25.3 Å². The second kappa shape index (κ2) is 4.81. The van der Waals surface area contributed by atoms with Gasteiger partial charge in [0.05, 0.1) is 46.0 Å². The van der Waals surface area contributed by atoms with Crippen LogP contribution < -0.4 is 11.1 Å². The topological polar surface area (TPSA) is 55.9 Å². The van der Waals surface area contributed by atoms with Gasteiger partial charge in [0.25, 0.3) is 0 Å². The first-order chi connectivity index (χ1) is 9.46. The number of anilines is 2. The molecule has 0 spiro atoms. The third kappa shape index (κ3) is 2.42. The highest BCUT2D eigenvalue weighted by Crippen LogP contribution is 2.42. The van der Waals surface area contributed by atoms with Gasteiger partial charge in [-0.1, -0.05) is 12.5 Å². The van der Waals surface area contributed by atoms with Crippen LogP contribution >= 0.6 is 0 Å². The molecule has 1 aliphatic heterocycles. The smallest absolute Gasteiger partial charge is 0.172 e. The van der Waals surface area contributed by atoms with Gasteiger partial charge in [-0.05, 0) is 24.8 Å². The molecule has 0 aromatic carbocycles. The van der Waals surface area contributed by atoms with E-state index in [0.29, 0.717) is 12.0 Å². The Bertz CT molecular complexity index is 523. The summed E-state index contributed by atoms with van der Waals surface area (Å²) in [6, 6.07) is 0.520. The molecule has 2 atom stereocenters. The number of nitrogens with zero attached hydrogens (tertiary/aromatic N) is 3. The zero-order valence-corrected chi connectivity index (χ0v) is 12.8. The molecule has 1 aromatic heterocycles. The number of rotatable bonds is 4. The molecule has 1 fully saturated rings. The Balaban J connectivity index is 1.76. The van der Waals surface area contributed by atoms with Crippen LogP contribution in [0.1, 0.15) is 31.0 Å². The minimum Gasteiger partial charge on any atom is -0.394 e. The first-order valence-corrected chi connectivity index (χ1v) is 7.56. The van der Waals surface area contributed by atoms with E-state index in [4.69, 9.17) is 10.8 Å². The summed E-state index contributed by atoms with van der Waals surface area (Å²) in [5.41, 5.74) is 8.14. The lowest BCUT2D eigenvalue weighted by Gasteiger charge is -2.23. The molecule has 1 aromatic rings. The maximum Gasteiger partial charge on any atom is 0.172 e. The van der Waals surface area contributed by atoms with E-state index >= 15 is 0 Å². The Hall–Kier alpha value is -1.49. The van der Waals surface area contributed by atoms with Gasteiger partial charge in [0, 0.05) is 0 Å². The molecule has 5 heteroatoms. The van der Waals surface area contributed by atoms with Gasteiger partial charge in [0.15, 0.2) is 5.82 Å². The number of nitrogen functional groups attached to an aromatic ring is 1. The molecular formula is C15H26N5+. The molecule has 2 heterocycles. The maximum absolute atomic E-state index is 6.25. The van der Waals surface area contributed by atoms with Crippen molar-refractivity contribution in [3.8, 4) is 0 Å². The molecule has 3 rings (SSSR count). The molecule has 0 radical (unpaired) electrons. The first kappa shape index (κ1) is 13.5. The summed E-state index contributed by atoms with van der Waals surface area (Å²) in [6.45, 7) is 1.94. The largest absolute Gasteiger partial charge is 0.394 e. The van der Waals surface area contributed by atoms with E-state index < -0.39 is 0 Å². The van der Waals surface area contributed by atoms with Crippen molar-refractivity contribution in [3.05, 3.63) is 11.8 Å². The fourth-order valence-corrected chi connectivity index (χ4v) is 3.23. The summed E-state index contributed by atoms with van der Waals surface area (Å²) in [7, 11) is 6.57. The van der Waals surface area contributed by atoms with Gasteiger partial charge in [0.1, 0.15) is 5.69 Å². The van der Waals surface area contributed by atoms with Gasteiger partial charge >= 0.3 is 0 Å². The third-order valence-corrected chi connectivity index (χ3v) is 4.41. The van der Waals surface area contributed by atoms with Crippen LogP contribution in [0.4, 0.5) is 11.5 Å². The van der Waals surface area contributed by atoms with E-state index in [1.54, 1.807) is 0 Å². The predicted molar refractivity (Wildman–Crippen MR) is 83.4 cm³/mol. The van der Waals surface area contributed by atoms with Gasteiger partial charge in [-0.15, -0.1) is 0 Å². The summed E-state index contributed by atoms with van der Waals surface area (Å²) < 4.78 is 3.09. The van der Waals surface area contributed by atoms with E-state index in [1.165, 1.54) is 19.3 Å². The van der Waals surface area contributed by atoms with E-state index in [2.05, 4.69) is 43.3 Å². The molecular weight excluding hydrogens is 250 g/mol. The fraction of sp³-hybridized carbons (Fsp3) is 0.667. The van der Waals surface area contributed by atoms with Gasteiger partial charge in [-0.25, -0.2) is 0 Å². The number of hydrogen-bond donors (Lipinski definition) is 2. The van der Waals surface area contributed by atoms with E-state index in [9.17, 15) is 0 Å². The molecule has 3 N–H and O–H groups in total. The summed E-state index contributed by atoms with van der Waals surface area (Å²) in [4.78, 5) is 0. The lowest BCUT2D eigenvalue weighted by atomic mass is 9.99. The van der Waals surface area contributed by atoms with Gasteiger partial charge in [0.2, 0.25) is 0 Å². The molecule has 110 valence electrons. The Labute approximate surface area is 121 Å². The number of nitrogens with two attached hydrogens (primary N) is 1. The van der Waals surface area contributed by atoms with Crippen molar-refractivity contribution >= 4 is 17.6 Å². The number of nitrogens with one attached hydrogen (secondary N) is 1. The zero-order chi connectivity index (χ0) is 14.3. The zero-order valence-electron chi connectivity index (χ0n) is 12.8. The SMILES string of the molecule is C[N+](C)(C)CCNc1nn2c(c1N)C=CC1CCCC12. The van der Waals surface area contributed by atoms with Crippen molar-refractivity contribution in [3.63, 3.8) is 0 Å². The average Bonchev–Trinajstić information content (AvgIpc) is 2.93. The van der Waals surface area contributed by atoms with Gasteiger partial charge in [-0.2, -0.15) is 5.10 Å². The van der Waals surface area contributed by atoms with Crippen LogP contribution in [-0.4, -0.2) is 48.5 Å². The third-order valence-electron chi connectivity index (χ3n) is 4.41. The van der Waals surface area contributed by atoms with Crippen LogP contribution in [0.2, 0.25) is 0 Å². The standard InChI is InChI=1S/C15H26N5/c1-20(2,3)10-9-17-15-14(16)13-8-7-11-5-4-6-12(11)19(13)18-15/h7-8,11-12H,4-6,9-10,16H2,1-3H3,(H,17,18)/q+1. The monoisotopic (exact) mass is 276 g/mol. The van der Waals surface area contributed by atoms with Gasteiger partial charge in [-0.3, -0.25) is 4.68 Å². The molecule has 1 saturated carbocycles. The van der Waals surface area contributed by atoms with Crippen LogP contribution in [0, 0.1) is 5.92 Å². The minimum atomic E-state index is 0.520. The molecule has 2 aliphatic rings. The molecule has 1 aliphatic carbocycles. The van der Waals surface area contributed by atoms with Crippen LogP contribution in [0.15, 0.2) is 6.08 Å². The normalized spacial score (nSPS) is 24.6. The quantitative estimate of drug-likeness (QED) is 0.827. The Morgan fingerprint density at radius 3 is 2.95 bits per heavy atom. The molecule has 0 saturated heterocycles. The summed E-state index contributed by atoms with van der Waals surface area (Å²) in [5, 5.41) is 8.14. The van der Waals surface area contributed by atoms with E-state index in [0.717, 1.165) is 34.8 Å². The van der Waals surface area contributed by atoms with Crippen molar-refractivity contribution in [2.75, 3.05) is 45.3 Å². The Morgan fingerprint density at radius 2 is 2.20 bits per heavy atom. The van der Waals surface area contributed by atoms with Crippen LogP contribution in [0.5, 0.6) is 0 Å². The number of allylic oxidation sites excluding steroid dienone is 1. The molecule has 20 heavy (non-hydrogen) atoms. The lowest BCUT2D eigenvalue weighted by molar-refractivity contribution is -0.868. The minimum absolute atomic E-state index is 0.520. The number of quaternary nitrogens is 1. The van der Waals surface area contributed by atoms with Crippen molar-refractivity contribution in [1.29, 1.82) is 0 Å². The predicted octanol–water partition coefficient (Wildman–Crippen LogP) is 1.95. The van der Waals surface area contributed by atoms with E-state index in [1.807, 2.05) is 0 Å². The summed E-state index contributed by atoms with van der Waals surface area (Å²) >= 11 is 0. The fourth-order valence-electron chi connectivity index (χ4n) is 3.23. The summed E-state index contributed by atoms with van der Waals surface area (Å²) in [6.07, 6.45) is 8.27. The number of fused-ring (bicyclic) bond motifs is 3.